The number of hydrogen-bond acceptors (Lipinski definition) is 3. The summed E-state index contributed by atoms with van der Waals surface area (Å²) >= 11 is 0. The molecule has 1 heterocycles. The fourth-order valence-electron chi connectivity index (χ4n) is 2.48. The summed E-state index contributed by atoms with van der Waals surface area (Å²) in [5.74, 6) is 0.203. The fourth-order valence-corrected chi connectivity index (χ4v) is 2.48. The normalized spacial score (nSPS) is 18.5. The number of aliphatic hydroxyl groups excluding tert-OH is 1. The summed E-state index contributed by atoms with van der Waals surface area (Å²) < 4.78 is 37.6. The zero-order valence-corrected chi connectivity index (χ0v) is 10.5. The predicted octanol–water partition coefficient (Wildman–Crippen LogP) is 3.07. The van der Waals surface area contributed by atoms with Crippen molar-refractivity contribution in [2.75, 3.05) is 18.5 Å². The van der Waals surface area contributed by atoms with Gasteiger partial charge in [-0.15, -0.1) is 0 Å². The van der Waals surface area contributed by atoms with Crippen molar-refractivity contribution in [2.24, 2.45) is 5.41 Å². The molecule has 1 aromatic heterocycles. The van der Waals surface area contributed by atoms with Crippen LogP contribution in [-0.2, 0) is 6.18 Å². The Bertz CT molecular complexity index is 428. The molecule has 0 amide bonds. The smallest absolute Gasteiger partial charge is 0.396 e. The van der Waals surface area contributed by atoms with Crippen LogP contribution in [0.15, 0.2) is 18.2 Å². The zero-order chi connectivity index (χ0) is 13.9. The number of alkyl halides is 3. The number of aromatic nitrogens is 1. The van der Waals surface area contributed by atoms with Crippen LogP contribution in [-0.4, -0.2) is 23.2 Å². The molecule has 2 rings (SSSR count). The summed E-state index contributed by atoms with van der Waals surface area (Å²) in [4.78, 5) is 3.55. The summed E-state index contributed by atoms with van der Waals surface area (Å²) in [5, 5.41) is 12.4. The van der Waals surface area contributed by atoms with Crippen LogP contribution in [0.1, 0.15) is 31.4 Å². The molecule has 0 bridgehead atoms. The van der Waals surface area contributed by atoms with Gasteiger partial charge in [0.1, 0.15) is 11.5 Å². The van der Waals surface area contributed by atoms with E-state index < -0.39 is 11.9 Å². The molecule has 1 aliphatic carbocycles. The number of rotatable bonds is 4. The Hall–Kier alpha value is -1.30. The topological polar surface area (TPSA) is 45.1 Å². The molecule has 1 fully saturated rings. The van der Waals surface area contributed by atoms with Crippen LogP contribution in [0, 0.1) is 5.41 Å². The summed E-state index contributed by atoms with van der Waals surface area (Å²) in [5.41, 5.74) is -1.11. The van der Waals surface area contributed by atoms with Crippen LogP contribution in [0.4, 0.5) is 19.0 Å². The second-order valence-electron chi connectivity index (χ2n) is 5.12. The summed E-state index contributed by atoms with van der Waals surface area (Å²) in [6.07, 6.45) is -0.527. The highest BCUT2D eigenvalue weighted by atomic mass is 19.4. The molecule has 0 aromatic carbocycles. The lowest BCUT2D eigenvalue weighted by atomic mass is 9.87. The van der Waals surface area contributed by atoms with Gasteiger partial charge >= 0.3 is 6.18 Å². The van der Waals surface area contributed by atoms with Crippen LogP contribution in [0.3, 0.4) is 0 Å². The summed E-state index contributed by atoms with van der Waals surface area (Å²) in [7, 11) is 0. The highest BCUT2D eigenvalue weighted by Crippen LogP contribution is 2.37. The maximum Gasteiger partial charge on any atom is 0.433 e. The Kier molecular flexibility index (Phi) is 3.99. The minimum atomic E-state index is -4.43. The Morgan fingerprint density at radius 1 is 1.26 bits per heavy atom. The van der Waals surface area contributed by atoms with Crippen molar-refractivity contribution in [2.45, 2.75) is 31.9 Å². The lowest BCUT2D eigenvalue weighted by molar-refractivity contribution is -0.141. The van der Waals surface area contributed by atoms with E-state index in [-0.39, 0.29) is 17.8 Å². The third-order valence-electron chi connectivity index (χ3n) is 3.68. The third kappa shape index (κ3) is 3.37. The number of hydrogen-bond donors (Lipinski definition) is 2. The molecule has 0 saturated heterocycles. The first-order chi connectivity index (χ1) is 8.95. The molecule has 0 radical (unpaired) electrons. The minimum Gasteiger partial charge on any atom is -0.396 e. The Morgan fingerprint density at radius 2 is 1.95 bits per heavy atom. The van der Waals surface area contributed by atoms with Gasteiger partial charge in [0, 0.05) is 12.0 Å². The summed E-state index contributed by atoms with van der Waals surface area (Å²) in [6, 6.07) is 3.79. The average Bonchev–Trinajstić information content (AvgIpc) is 2.85. The van der Waals surface area contributed by atoms with Gasteiger partial charge in [-0.2, -0.15) is 13.2 Å². The fraction of sp³-hybridized carbons (Fsp3) is 0.615. The van der Waals surface area contributed by atoms with Gasteiger partial charge in [-0.25, -0.2) is 4.98 Å². The second kappa shape index (κ2) is 5.36. The molecule has 1 aliphatic rings. The van der Waals surface area contributed by atoms with E-state index in [4.69, 9.17) is 0 Å². The maximum absolute atomic E-state index is 12.5. The molecule has 19 heavy (non-hydrogen) atoms. The van der Waals surface area contributed by atoms with Crippen molar-refractivity contribution in [1.29, 1.82) is 0 Å². The number of halogens is 3. The van der Waals surface area contributed by atoms with E-state index >= 15 is 0 Å². The second-order valence-corrected chi connectivity index (χ2v) is 5.12. The lowest BCUT2D eigenvalue weighted by Gasteiger charge is -2.26. The number of pyridine rings is 1. The van der Waals surface area contributed by atoms with Gasteiger partial charge in [0.15, 0.2) is 0 Å². The first-order valence-electron chi connectivity index (χ1n) is 6.34. The molecule has 0 spiro atoms. The van der Waals surface area contributed by atoms with E-state index in [1.165, 1.54) is 12.1 Å². The van der Waals surface area contributed by atoms with Crippen molar-refractivity contribution >= 4 is 5.82 Å². The van der Waals surface area contributed by atoms with Gasteiger partial charge in [-0.1, -0.05) is 18.9 Å². The van der Waals surface area contributed by atoms with Crippen LogP contribution in [0.25, 0.3) is 0 Å². The lowest BCUT2D eigenvalue weighted by Crippen LogP contribution is -2.30. The molecule has 0 aliphatic heterocycles. The van der Waals surface area contributed by atoms with Crippen molar-refractivity contribution in [3.05, 3.63) is 23.9 Å². The average molecular weight is 274 g/mol. The minimum absolute atomic E-state index is 0.0545. The van der Waals surface area contributed by atoms with Crippen molar-refractivity contribution < 1.29 is 18.3 Å². The van der Waals surface area contributed by atoms with Gasteiger partial charge in [0.2, 0.25) is 0 Å². The highest BCUT2D eigenvalue weighted by Gasteiger charge is 2.34. The van der Waals surface area contributed by atoms with Crippen LogP contribution in [0.2, 0.25) is 0 Å². The van der Waals surface area contributed by atoms with E-state index in [0.29, 0.717) is 6.54 Å². The van der Waals surface area contributed by atoms with Gasteiger partial charge in [-0.05, 0) is 25.0 Å². The van der Waals surface area contributed by atoms with Crippen LogP contribution in [0.5, 0.6) is 0 Å². The first kappa shape index (κ1) is 14.1. The molecule has 6 heteroatoms. The number of nitrogens with zero attached hydrogens (tertiary/aromatic N) is 1. The van der Waals surface area contributed by atoms with Gasteiger partial charge in [0.05, 0.1) is 6.61 Å². The van der Waals surface area contributed by atoms with E-state index in [9.17, 15) is 18.3 Å². The largest absolute Gasteiger partial charge is 0.433 e. The van der Waals surface area contributed by atoms with Crippen molar-refractivity contribution in [1.82, 2.24) is 4.98 Å². The molecule has 1 saturated carbocycles. The Labute approximate surface area is 109 Å². The molecule has 3 nitrogen and oxygen atoms in total. The molecule has 0 atom stereocenters. The van der Waals surface area contributed by atoms with E-state index in [1.54, 1.807) is 0 Å². The van der Waals surface area contributed by atoms with Crippen molar-refractivity contribution in [3.63, 3.8) is 0 Å². The highest BCUT2D eigenvalue weighted by molar-refractivity contribution is 5.36. The SMILES string of the molecule is OCC1(CNc2cccc(C(F)(F)F)n2)CCCC1. The zero-order valence-electron chi connectivity index (χ0n) is 10.5. The standard InChI is InChI=1S/C13H17F3N2O/c14-13(15,16)10-4-3-5-11(18-10)17-8-12(9-19)6-1-2-7-12/h3-5,19H,1-2,6-9H2,(H,17,18). The Morgan fingerprint density at radius 3 is 2.53 bits per heavy atom. The van der Waals surface area contributed by atoms with Crippen molar-refractivity contribution in [3.8, 4) is 0 Å². The molecule has 0 unspecified atom stereocenters. The van der Waals surface area contributed by atoms with E-state index in [1.807, 2.05) is 0 Å². The van der Waals surface area contributed by atoms with Gasteiger partial charge in [-0.3, -0.25) is 0 Å². The predicted molar refractivity (Wildman–Crippen MR) is 65.7 cm³/mol. The van der Waals surface area contributed by atoms with E-state index in [2.05, 4.69) is 10.3 Å². The maximum atomic E-state index is 12.5. The summed E-state index contributed by atoms with van der Waals surface area (Å²) in [6.45, 7) is 0.511. The molecule has 1 aromatic rings. The first-order valence-corrected chi connectivity index (χ1v) is 6.34. The number of aliphatic hydroxyl groups is 1. The number of anilines is 1. The van der Waals surface area contributed by atoms with Gasteiger partial charge in [0.25, 0.3) is 0 Å². The van der Waals surface area contributed by atoms with Crippen LogP contribution >= 0.6 is 0 Å². The van der Waals surface area contributed by atoms with Crippen LogP contribution < -0.4 is 5.32 Å². The Balaban J connectivity index is 2.03. The number of nitrogens with one attached hydrogen (secondary N) is 1. The molecule has 106 valence electrons. The van der Waals surface area contributed by atoms with Gasteiger partial charge < -0.3 is 10.4 Å². The molecular formula is C13H17F3N2O. The molecule has 2 N–H and O–H groups in total. The monoisotopic (exact) mass is 274 g/mol. The quantitative estimate of drug-likeness (QED) is 0.887. The molecular weight excluding hydrogens is 257 g/mol. The third-order valence-corrected chi connectivity index (χ3v) is 3.68. The van der Waals surface area contributed by atoms with E-state index in [0.717, 1.165) is 31.7 Å².